The van der Waals surface area contributed by atoms with Crippen LogP contribution < -0.4 is 20.7 Å². The Morgan fingerprint density at radius 3 is 2.63 bits per heavy atom. The summed E-state index contributed by atoms with van der Waals surface area (Å²) in [4.78, 5) is 14.4. The highest BCUT2D eigenvalue weighted by Gasteiger charge is 2.29. The standard InChI is InChI=1S/C28H31F3N4O2S/c1-32-28(36)17-9-10-20(22(16-17)37-3)33-13-5-8-23-24(25(29)27(30)31)19-6-4-7-21(26(19)38-23)34-18-11-14-35(2)15-12-18/h4,6-7,9-10,16,18,25,27,33-34H,11-15H2,1-3H3,(H,32,36). The van der Waals surface area contributed by atoms with E-state index in [9.17, 15) is 18.0 Å². The molecular weight excluding hydrogens is 513 g/mol. The minimum absolute atomic E-state index is 0.0629. The average Bonchev–Trinajstić information content (AvgIpc) is 3.30. The number of anilines is 2. The average molecular weight is 545 g/mol. The molecule has 1 aliphatic rings. The number of rotatable bonds is 8. The smallest absolute Gasteiger partial charge is 0.273 e. The van der Waals surface area contributed by atoms with Gasteiger partial charge in [-0.3, -0.25) is 4.79 Å². The van der Waals surface area contributed by atoms with Crippen LogP contribution in [0.3, 0.4) is 0 Å². The predicted molar refractivity (Wildman–Crippen MR) is 148 cm³/mol. The van der Waals surface area contributed by atoms with Crippen LogP contribution in [0.1, 0.15) is 39.8 Å². The van der Waals surface area contributed by atoms with Crippen molar-refractivity contribution in [2.75, 3.05) is 51.5 Å². The van der Waals surface area contributed by atoms with Crippen molar-refractivity contribution in [1.29, 1.82) is 0 Å². The molecule has 1 amide bonds. The van der Waals surface area contributed by atoms with E-state index in [1.165, 1.54) is 18.4 Å². The van der Waals surface area contributed by atoms with Crippen LogP contribution in [0.25, 0.3) is 10.1 Å². The number of thiophene rings is 1. The van der Waals surface area contributed by atoms with Gasteiger partial charge in [-0.1, -0.05) is 24.0 Å². The Morgan fingerprint density at radius 1 is 1.18 bits per heavy atom. The van der Waals surface area contributed by atoms with Crippen molar-refractivity contribution >= 4 is 38.7 Å². The molecule has 1 saturated heterocycles. The van der Waals surface area contributed by atoms with Gasteiger partial charge in [-0.2, -0.15) is 0 Å². The molecule has 2 heterocycles. The number of nitrogens with zero attached hydrogens (tertiary/aromatic N) is 1. The van der Waals surface area contributed by atoms with Gasteiger partial charge in [-0.15, -0.1) is 11.3 Å². The number of carbonyl (C=O) groups is 1. The number of carbonyl (C=O) groups excluding carboxylic acids is 1. The van der Waals surface area contributed by atoms with Gasteiger partial charge < -0.3 is 25.6 Å². The monoisotopic (exact) mass is 544 g/mol. The van der Waals surface area contributed by atoms with Crippen molar-refractivity contribution in [1.82, 2.24) is 10.2 Å². The maximum atomic E-state index is 14.8. The van der Waals surface area contributed by atoms with Crippen LogP contribution in [0.5, 0.6) is 5.75 Å². The molecule has 0 aliphatic carbocycles. The van der Waals surface area contributed by atoms with Crippen molar-refractivity contribution in [2.24, 2.45) is 0 Å². The van der Waals surface area contributed by atoms with Crippen LogP contribution in [0.15, 0.2) is 36.4 Å². The number of fused-ring (bicyclic) bond motifs is 1. The molecule has 4 rings (SSSR count). The molecule has 0 radical (unpaired) electrons. The molecule has 3 N–H and O–H groups in total. The van der Waals surface area contributed by atoms with E-state index in [0.29, 0.717) is 22.4 Å². The number of hydrogen-bond acceptors (Lipinski definition) is 6. The van der Waals surface area contributed by atoms with Gasteiger partial charge in [0.1, 0.15) is 5.75 Å². The fourth-order valence-corrected chi connectivity index (χ4v) is 5.69. The molecule has 1 unspecified atom stereocenters. The van der Waals surface area contributed by atoms with E-state index < -0.39 is 12.6 Å². The number of ether oxygens (including phenoxy) is 1. The first-order valence-electron chi connectivity index (χ1n) is 12.4. The Morgan fingerprint density at radius 2 is 1.95 bits per heavy atom. The van der Waals surface area contributed by atoms with Gasteiger partial charge in [-0.25, -0.2) is 13.2 Å². The van der Waals surface area contributed by atoms with Crippen LogP contribution >= 0.6 is 11.3 Å². The van der Waals surface area contributed by atoms with Crippen LogP contribution in [0.4, 0.5) is 24.5 Å². The number of methoxy groups -OCH3 is 1. The second-order valence-corrected chi connectivity index (χ2v) is 10.2. The molecule has 1 aliphatic heterocycles. The quantitative estimate of drug-likeness (QED) is 0.326. The van der Waals surface area contributed by atoms with E-state index in [1.54, 1.807) is 37.4 Å². The molecule has 1 aromatic heterocycles. The third kappa shape index (κ3) is 6.17. The molecule has 2 aromatic carbocycles. The van der Waals surface area contributed by atoms with Gasteiger partial charge in [0.2, 0.25) is 0 Å². The number of likely N-dealkylation sites (tertiary alicyclic amines) is 1. The molecule has 10 heteroatoms. The lowest BCUT2D eigenvalue weighted by atomic mass is 10.0. The molecule has 202 valence electrons. The summed E-state index contributed by atoms with van der Waals surface area (Å²) in [6.07, 6.45) is -3.64. The molecule has 38 heavy (non-hydrogen) atoms. The Balaban J connectivity index is 1.59. The summed E-state index contributed by atoms with van der Waals surface area (Å²) < 4.78 is 48.0. The Kier molecular flexibility index (Phi) is 9.02. The zero-order valence-corrected chi connectivity index (χ0v) is 22.4. The fourth-order valence-electron chi connectivity index (χ4n) is 4.50. The first kappa shape index (κ1) is 27.6. The Hall–Kier alpha value is -3.42. The van der Waals surface area contributed by atoms with Crippen molar-refractivity contribution in [3.05, 3.63) is 52.4 Å². The number of piperidine rings is 1. The number of amides is 1. The van der Waals surface area contributed by atoms with E-state index in [1.807, 2.05) is 6.07 Å². The largest absolute Gasteiger partial charge is 0.495 e. The molecule has 1 atom stereocenters. The molecule has 0 bridgehead atoms. The summed E-state index contributed by atoms with van der Waals surface area (Å²) in [6.45, 7) is 2.12. The number of alkyl halides is 3. The topological polar surface area (TPSA) is 65.6 Å². The van der Waals surface area contributed by atoms with E-state index >= 15 is 0 Å². The van der Waals surface area contributed by atoms with E-state index in [4.69, 9.17) is 4.74 Å². The summed E-state index contributed by atoms with van der Waals surface area (Å²) in [6, 6.07) is 10.6. The van der Waals surface area contributed by atoms with Crippen molar-refractivity contribution in [2.45, 2.75) is 31.5 Å². The Bertz CT molecular complexity index is 1340. The fraction of sp³-hybridized carbons (Fsp3) is 0.393. The molecule has 6 nitrogen and oxygen atoms in total. The van der Waals surface area contributed by atoms with Crippen LogP contribution in [0, 0.1) is 11.8 Å². The highest BCUT2D eigenvalue weighted by Crippen LogP contribution is 2.42. The SMILES string of the molecule is CNC(=O)c1ccc(NCC#Cc2sc3c(NC4CCN(C)CC4)cccc3c2C(F)C(F)F)c(OC)c1. The number of nitrogens with one attached hydrogen (secondary N) is 3. The van der Waals surface area contributed by atoms with Gasteiger partial charge in [0.05, 0.1) is 34.6 Å². The van der Waals surface area contributed by atoms with Gasteiger partial charge in [0, 0.05) is 29.6 Å². The number of hydrogen-bond donors (Lipinski definition) is 3. The minimum atomic E-state index is -3.15. The van der Waals surface area contributed by atoms with Crippen molar-refractivity contribution in [3.63, 3.8) is 0 Å². The highest BCUT2D eigenvalue weighted by molar-refractivity contribution is 7.20. The van der Waals surface area contributed by atoms with Crippen molar-refractivity contribution in [3.8, 4) is 17.6 Å². The van der Waals surface area contributed by atoms with Crippen LogP contribution in [-0.4, -0.2) is 64.1 Å². The summed E-state index contributed by atoms with van der Waals surface area (Å²) in [5.41, 5.74) is 1.82. The van der Waals surface area contributed by atoms with Gasteiger partial charge in [0.25, 0.3) is 12.3 Å². The third-order valence-corrected chi connectivity index (χ3v) is 7.76. The van der Waals surface area contributed by atoms with Gasteiger partial charge in [0.15, 0.2) is 6.17 Å². The lowest BCUT2D eigenvalue weighted by Gasteiger charge is -2.30. The Labute approximate surface area is 224 Å². The molecular formula is C28H31F3N4O2S. The molecule has 1 fully saturated rings. The summed E-state index contributed by atoms with van der Waals surface area (Å²) >= 11 is 1.23. The van der Waals surface area contributed by atoms with Gasteiger partial charge in [-0.05, 0) is 57.2 Å². The normalized spacial score (nSPS) is 15.1. The van der Waals surface area contributed by atoms with E-state index in [0.717, 1.165) is 36.3 Å². The van der Waals surface area contributed by atoms with Crippen molar-refractivity contribution < 1.29 is 22.7 Å². The molecule has 0 spiro atoms. The number of benzene rings is 2. The maximum Gasteiger partial charge on any atom is 0.273 e. The number of halogens is 3. The second-order valence-electron chi connectivity index (χ2n) is 9.13. The summed E-state index contributed by atoms with van der Waals surface area (Å²) in [5, 5.41) is 9.67. The van der Waals surface area contributed by atoms with Gasteiger partial charge >= 0.3 is 0 Å². The predicted octanol–water partition coefficient (Wildman–Crippen LogP) is 5.51. The molecule has 3 aromatic rings. The molecule has 0 saturated carbocycles. The lowest BCUT2D eigenvalue weighted by molar-refractivity contribution is 0.0504. The van der Waals surface area contributed by atoms with E-state index in [2.05, 4.69) is 39.7 Å². The zero-order valence-electron chi connectivity index (χ0n) is 21.5. The zero-order chi connectivity index (χ0) is 27.2. The summed E-state index contributed by atoms with van der Waals surface area (Å²) in [7, 11) is 5.12. The first-order chi connectivity index (χ1) is 18.3. The first-order valence-corrected chi connectivity index (χ1v) is 13.2. The third-order valence-electron chi connectivity index (χ3n) is 6.59. The van der Waals surface area contributed by atoms with Crippen LogP contribution in [0.2, 0.25) is 0 Å². The second kappa shape index (κ2) is 12.4. The maximum absolute atomic E-state index is 14.8. The lowest BCUT2D eigenvalue weighted by Crippen LogP contribution is -2.36. The highest BCUT2D eigenvalue weighted by atomic mass is 32.1. The van der Waals surface area contributed by atoms with E-state index in [-0.39, 0.29) is 28.9 Å². The minimum Gasteiger partial charge on any atom is -0.495 e. The van der Waals surface area contributed by atoms with Crippen LogP contribution in [-0.2, 0) is 0 Å². The summed E-state index contributed by atoms with van der Waals surface area (Å²) in [5.74, 6) is 6.06.